The zero-order chi connectivity index (χ0) is 24.7. The van der Waals surface area contributed by atoms with Crippen LogP contribution in [0.3, 0.4) is 0 Å². The number of aromatic nitrogens is 1. The second-order valence-corrected chi connectivity index (χ2v) is 9.65. The number of nitrogens with one attached hydrogen (secondary N) is 1. The van der Waals surface area contributed by atoms with E-state index in [1.807, 2.05) is 38.1 Å². The second kappa shape index (κ2) is 9.19. The molecule has 3 aromatic rings. The molecule has 0 saturated carbocycles. The molecule has 0 unspecified atom stereocenters. The molecule has 0 radical (unpaired) electrons. The van der Waals surface area contributed by atoms with Gasteiger partial charge in [0.15, 0.2) is 5.84 Å². The van der Waals surface area contributed by atoms with Gasteiger partial charge in [-0.05, 0) is 62.2 Å². The molecule has 5 rings (SSSR count). The lowest BCUT2D eigenvalue weighted by molar-refractivity contribution is -0.114. The Morgan fingerprint density at radius 2 is 1.83 bits per heavy atom. The van der Waals surface area contributed by atoms with E-state index < -0.39 is 5.91 Å². The maximum atomic E-state index is 12.9. The van der Waals surface area contributed by atoms with E-state index in [-0.39, 0.29) is 11.4 Å². The summed E-state index contributed by atoms with van der Waals surface area (Å²) in [4.78, 5) is 17.1. The molecule has 1 aromatic heterocycles. The first-order valence-corrected chi connectivity index (χ1v) is 12.5. The van der Waals surface area contributed by atoms with Crippen molar-refractivity contribution in [2.45, 2.75) is 40.7 Å². The van der Waals surface area contributed by atoms with Crippen molar-refractivity contribution in [1.82, 2.24) is 9.58 Å². The molecule has 35 heavy (non-hydrogen) atoms. The third-order valence-electron chi connectivity index (χ3n) is 6.34. The molecule has 7 nitrogen and oxygen atoms in total. The van der Waals surface area contributed by atoms with Gasteiger partial charge in [0, 0.05) is 22.2 Å². The van der Waals surface area contributed by atoms with E-state index in [0.29, 0.717) is 18.3 Å². The number of carbonyl (C=O) groups excluding carboxylic acids is 1. The molecule has 1 N–H and O–H groups in total. The highest BCUT2D eigenvalue weighted by molar-refractivity contribution is 8.26. The van der Waals surface area contributed by atoms with E-state index in [1.54, 1.807) is 6.08 Å². The van der Waals surface area contributed by atoms with Gasteiger partial charge in [-0.2, -0.15) is 15.1 Å². The number of thioether (sulfide) groups is 1. The number of amidine groups is 2. The molecular formula is C27H27N5O2S. The summed E-state index contributed by atoms with van der Waals surface area (Å²) in [6.45, 7) is 9.32. The Balaban J connectivity index is 1.49. The van der Waals surface area contributed by atoms with Gasteiger partial charge in [-0.25, -0.2) is 0 Å². The van der Waals surface area contributed by atoms with Gasteiger partial charge < -0.3 is 9.30 Å². The minimum Gasteiger partial charge on any atom is -0.491 e. The van der Waals surface area contributed by atoms with Crippen molar-refractivity contribution in [3.05, 3.63) is 70.4 Å². The number of fused-ring (bicyclic) bond motifs is 2. The number of hydrazone groups is 1. The first kappa shape index (κ1) is 23.1. The van der Waals surface area contributed by atoms with Crippen molar-refractivity contribution >= 4 is 50.7 Å². The minimum absolute atomic E-state index is 0.0607. The molecule has 0 atom stereocenters. The van der Waals surface area contributed by atoms with Gasteiger partial charge in [0.25, 0.3) is 5.91 Å². The fourth-order valence-corrected chi connectivity index (χ4v) is 5.34. The number of carbonyl (C=O) groups is 1. The standard InChI is InChI=1S/C27H27N5O2S/c1-5-23-30-32-25(28)21(26(33)29-27(32)35-23)15-20-18(4)31(22-12-7-6-11-19(20)22)13-14-34-24-16(2)9-8-10-17(24)3/h6-12,15,28H,5,13-14H2,1-4H3/b21-15-,28-25?. The minimum atomic E-state index is -0.407. The summed E-state index contributed by atoms with van der Waals surface area (Å²) in [5, 5.41) is 16.9. The summed E-state index contributed by atoms with van der Waals surface area (Å²) >= 11 is 1.35. The summed E-state index contributed by atoms with van der Waals surface area (Å²) in [7, 11) is 0. The molecule has 1 amide bonds. The Morgan fingerprint density at radius 3 is 2.57 bits per heavy atom. The van der Waals surface area contributed by atoms with Gasteiger partial charge in [-0.3, -0.25) is 10.2 Å². The van der Waals surface area contributed by atoms with E-state index in [2.05, 4.69) is 46.7 Å². The van der Waals surface area contributed by atoms with Gasteiger partial charge in [-0.15, -0.1) is 0 Å². The van der Waals surface area contributed by atoms with Crippen molar-refractivity contribution in [3.8, 4) is 5.75 Å². The zero-order valence-electron chi connectivity index (χ0n) is 20.3. The van der Waals surface area contributed by atoms with Crippen molar-refractivity contribution in [2.24, 2.45) is 10.1 Å². The monoisotopic (exact) mass is 485 g/mol. The van der Waals surface area contributed by atoms with Crippen LogP contribution in [0.5, 0.6) is 5.75 Å². The molecule has 0 spiro atoms. The zero-order valence-corrected chi connectivity index (χ0v) is 21.1. The molecular weight excluding hydrogens is 458 g/mol. The van der Waals surface area contributed by atoms with E-state index in [9.17, 15) is 4.79 Å². The van der Waals surface area contributed by atoms with Crippen LogP contribution in [-0.4, -0.2) is 38.1 Å². The molecule has 0 aliphatic carbocycles. The number of para-hydroxylation sites is 2. The van der Waals surface area contributed by atoms with Crippen LogP contribution in [0.15, 0.2) is 58.1 Å². The van der Waals surface area contributed by atoms with Crippen molar-refractivity contribution < 1.29 is 9.53 Å². The number of hydrogen-bond acceptors (Lipinski definition) is 5. The maximum absolute atomic E-state index is 12.9. The summed E-state index contributed by atoms with van der Waals surface area (Å²) < 4.78 is 8.38. The number of aryl methyl sites for hydroxylation is 2. The predicted molar refractivity (Wildman–Crippen MR) is 143 cm³/mol. The lowest BCUT2D eigenvalue weighted by Crippen LogP contribution is -2.35. The highest BCUT2D eigenvalue weighted by Crippen LogP contribution is 2.32. The van der Waals surface area contributed by atoms with Crippen LogP contribution < -0.4 is 4.74 Å². The van der Waals surface area contributed by atoms with Crippen LogP contribution in [-0.2, 0) is 11.3 Å². The van der Waals surface area contributed by atoms with Gasteiger partial charge in [0.2, 0.25) is 5.17 Å². The number of nitrogens with zero attached hydrogens (tertiary/aromatic N) is 4. The number of amides is 1. The summed E-state index contributed by atoms with van der Waals surface area (Å²) in [5.41, 5.74) is 5.45. The van der Waals surface area contributed by atoms with Crippen LogP contribution >= 0.6 is 11.8 Å². The van der Waals surface area contributed by atoms with Crippen LogP contribution in [0.25, 0.3) is 17.0 Å². The summed E-state index contributed by atoms with van der Waals surface area (Å²) in [6, 6.07) is 14.3. The Hall–Kier alpha value is -3.65. The summed E-state index contributed by atoms with van der Waals surface area (Å²) in [5.74, 6) is 0.579. The Kier molecular flexibility index (Phi) is 6.06. The average molecular weight is 486 g/mol. The largest absolute Gasteiger partial charge is 0.491 e. The quantitative estimate of drug-likeness (QED) is 0.456. The molecule has 0 fully saturated rings. The maximum Gasteiger partial charge on any atom is 0.283 e. The average Bonchev–Trinajstić information content (AvgIpc) is 3.37. The van der Waals surface area contributed by atoms with E-state index in [1.165, 1.54) is 16.8 Å². The van der Waals surface area contributed by atoms with Crippen LogP contribution in [0.4, 0.5) is 0 Å². The van der Waals surface area contributed by atoms with Crippen LogP contribution in [0.2, 0.25) is 0 Å². The number of hydrogen-bond donors (Lipinski definition) is 1. The van der Waals surface area contributed by atoms with E-state index >= 15 is 0 Å². The molecule has 0 bridgehead atoms. The predicted octanol–water partition coefficient (Wildman–Crippen LogP) is 5.67. The molecule has 2 aromatic carbocycles. The van der Waals surface area contributed by atoms with Crippen LogP contribution in [0.1, 0.15) is 35.7 Å². The molecule has 0 saturated heterocycles. The number of benzene rings is 2. The first-order chi connectivity index (χ1) is 16.9. The van der Waals surface area contributed by atoms with E-state index in [0.717, 1.165) is 50.5 Å². The van der Waals surface area contributed by atoms with Crippen molar-refractivity contribution in [1.29, 1.82) is 5.41 Å². The number of ether oxygens (including phenoxy) is 1. The normalized spacial score (nSPS) is 16.7. The van der Waals surface area contributed by atoms with Crippen LogP contribution in [0, 0.1) is 26.2 Å². The Morgan fingerprint density at radius 1 is 1.09 bits per heavy atom. The lowest BCUT2D eigenvalue weighted by Gasteiger charge is -2.20. The molecule has 3 heterocycles. The third-order valence-corrected chi connectivity index (χ3v) is 7.39. The molecule has 2 aliphatic heterocycles. The molecule has 2 aliphatic rings. The fraction of sp³-hybridized carbons (Fsp3) is 0.259. The smallest absolute Gasteiger partial charge is 0.283 e. The third kappa shape index (κ3) is 4.08. The fourth-order valence-electron chi connectivity index (χ4n) is 4.51. The van der Waals surface area contributed by atoms with Crippen molar-refractivity contribution in [3.63, 3.8) is 0 Å². The number of rotatable bonds is 6. The van der Waals surface area contributed by atoms with E-state index in [4.69, 9.17) is 10.1 Å². The lowest BCUT2D eigenvalue weighted by atomic mass is 10.1. The highest BCUT2D eigenvalue weighted by atomic mass is 32.2. The number of aliphatic imine (C=N–C) groups is 1. The van der Waals surface area contributed by atoms with Gasteiger partial charge in [0.1, 0.15) is 17.4 Å². The van der Waals surface area contributed by atoms with Gasteiger partial charge in [0.05, 0.1) is 12.1 Å². The van der Waals surface area contributed by atoms with Gasteiger partial charge >= 0.3 is 0 Å². The topological polar surface area (TPSA) is 83.0 Å². The molecule has 8 heteroatoms. The van der Waals surface area contributed by atoms with Crippen molar-refractivity contribution in [2.75, 3.05) is 6.61 Å². The Labute approximate surface area is 208 Å². The molecule has 178 valence electrons. The highest BCUT2D eigenvalue weighted by Gasteiger charge is 2.35. The summed E-state index contributed by atoms with van der Waals surface area (Å²) in [6.07, 6.45) is 2.52. The SMILES string of the molecule is CCC1=NN2C(=N)/C(=C/c3c(C)n(CCOc4c(C)cccc4C)c4ccccc34)C(=O)N=C2S1. The van der Waals surface area contributed by atoms with Gasteiger partial charge in [-0.1, -0.05) is 43.3 Å². The first-order valence-electron chi connectivity index (χ1n) is 11.6. The second-order valence-electron chi connectivity index (χ2n) is 8.60. The Bertz CT molecular complexity index is 1440.